The Kier molecular flexibility index (Phi) is 5.99. The quantitative estimate of drug-likeness (QED) is 0.688. The number of hydrogen-bond donors (Lipinski definition) is 1. The number of rotatable bonds is 4. The molecular weight excluding hydrogens is 404 g/mol. The van der Waals surface area contributed by atoms with Gasteiger partial charge in [0.1, 0.15) is 5.69 Å². The minimum absolute atomic E-state index is 0.00845. The van der Waals surface area contributed by atoms with E-state index in [2.05, 4.69) is 5.32 Å². The number of amides is 1. The van der Waals surface area contributed by atoms with Crippen molar-refractivity contribution in [1.82, 2.24) is 9.13 Å². The van der Waals surface area contributed by atoms with E-state index < -0.39 is 0 Å². The summed E-state index contributed by atoms with van der Waals surface area (Å²) in [6, 6.07) is 17.1. The normalized spacial score (nSPS) is 14.4. The molecule has 2 aromatic carbocycles. The van der Waals surface area contributed by atoms with E-state index in [1.807, 2.05) is 73.3 Å². The average molecular weight is 433 g/mol. The van der Waals surface area contributed by atoms with Crippen LogP contribution in [0.1, 0.15) is 24.1 Å². The maximum absolute atomic E-state index is 13.0. The highest BCUT2D eigenvalue weighted by Crippen LogP contribution is 2.25. The molecule has 7 heteroatoms. The monoisotopic (exact) mass is 432 g/mol. The third-order valence-electron chi connectivity index (χ3n) is 6.15. The van der Waals surface area contributed by atoms with E-state index in [0.29, 0.717) is 37.3 Å². The van der Waals surface area contributed by atoms with Crippen LogP contribution in [0.5, 0.6) is 0 Å². The second kappa shape index (κ2) is 8.86. The fourth-order valence-electron chi connectivity index (χ4n) is 4.38. The van der Waals surface area contributed by atoms with Crippen LogP contribution >= 0.6 is 0 Å². The van der Waals surface area contributed by atoms with E-state index in [-0.39, 0.29) is 23.1 Å². The molecule has 0 radical (unpaired) electrons. The zero-order valence-corrected chi connectivity index (χ0v) is 18.7. The number of nitrogens with one attached hydrogen (secondary N) is 1. The summed E-state index contributed by atoms with van der Waals surface area (Å²) >= 11 is 0. The van der Waals surface area contributed by atoms with Crippen molar-refractivity contribution in [2.24, 2.45) is 13.0 Å². The lowest BCUT2D eigenvalue weighted by Crippen LogP contribution is -2.46. The number of carbonyl (C=O) groups is 1. The van der Waals surface area contributed by atoms with Gasteiger partial charge >= 0.3 is 5.69 Å². The van der Waals surface area contributed by atoms with Crippen molar-refractivity contribution in [3.05, 3.63) is 86.7 Å². The predicted octanol–water partition coefficient (Wildman–Crippen LogP) is 3.01. The molecule has 1 fully saturated rings. The Morgan fingerprint density at radius 1 is 0.969 bits per heavy atom. The van der Waals surface area contributed by atoms with Gasteiger partial charge in [-0.15, -0.1) is 0 Å². The predicted molar refractivity (Wildman–Crippen MR) is 127 cm³/mol. The first-order chi connectivity index (χ1) is 15.4. The van der Waals surface area contributed by atoms with Crippen LogP contribution < -0.4 is 21.5 Å². The fourth-order valence-corrected chi connectivity index (χ4v) is 4.38. The van der Waals surface area contributed by atoms with Crippen LogP contribution in [-0.2, 0) is 11.8 Å². The van der Waals surface area contributed by atoms with E-state index in [9.17, 15) is 14.4 Å². The number of carbonyl (C=O) groups excluding carboxylic acids is 1. The van der Waals surface area contributed by atoms with Gasteiger partial charge in [0, 0.05) is 31.7 Å². The number of hydrogen-bond acceptors (Lipinski definition) is 4. The second-order valence-corrected chi connectivity index (χ2v) is 8.37. The Morgan fingerprint density at radius 3 is 2.31 bits per heavy atom. The smallest absolute Gasteiger partial charge is 0.335 e. The number of aryl methyl sites for hydroxylation is 1. The Morgan fingerprint density at radius 2 is 1.66 bits per heavy atom. The van der Waals surface area contributed by atoms with Crippen LogP contribution in [0, 0.1) is 19.8 Å². The molecule has 0 bridgehead atoms. The molecule has 0 unspecified atom stereocenters. The molecule has 32 heavy (non-hydrogen) atoms. The van der Waals surface area contributed by atoms with Gasteiger partial charge in [-0.05, 0) is 56.5 Å². The lowest BCUT2D eigenvalue weighted by Gasteiger charge is -2.34. The Bertz CT molecular complexity index is 1250. The van der Waals surface area contributed by atoms with E-state index in [1.54, 1.807) is 4.57 Å². The number of anilines is 2. The molecule has 1 N–H and O–H groups in total. The van der Waals surface area contributed by atoms with E-state index >= 15 is 0 Å². The van der Waals surface area contributed by atoms with Crippen molar-refractivity contribution in [3.8, 4) is 5.69 Å². The van der Waals surface area contributed by atoms with Crippen molar-refractivity contribution in [3.63, 3.8) is 0 Å². The van der Waals surface area contributed by atoms with Crippen LogP contribution in [0.2, 0.25) is 0 Å². The van der Waals surface area contributed by atoms with Crippen molar-refractivity contribution < 1.29 is 4.79 Å². The minimum Gasteiger partial charge on any atom is -0.366 e. The van der Waals surface area contributed by atoms with Gasteiger partial charge in [0.15, 0.2) is 0 Å². The summed E-state index contributed by atoms with van der Waals surface area (Å²) in [4.78, 5) is 40.6. The zero-order chi connectivity index (χ0) is 22.8. The van der Waals surface area contributed by atoms with Gasteiger partial charge < -0.3 is 10.2 Å². The number of para-hydroxylation sites is 1. The first-order valence-electron chi connectivity index (χ1n) is 10.9. The third kappa shape index (κ3) is 4.10. The topological polar surface area (TPSA) is 76.3 Å². The first-order valence-corrected chi connectivity index (χ1v) is 10.9. The zero-order valence-electron chi connectivity index (χ0n) is 18.7. The lowest BCUT2D eigenvalue weighted by atomic mass is 9.95. The summed E-state index contributed by atoms with van der Waals surface area (Å²) in [5.41, 5.74) is 3.09. The van der Waals surface area contributed by atoms with E-state index in [0.717, 1.165) is 21.5 Å². The third-order valence-corrected chi connectivity index (χ3v) is 6.15. The lowest BCUT2D eigenvalue weighted by molar-refractivity contribution is -0.120. The molecule has 1 saturated heterocycles. The van der Waals surface area contributed by atoms with E-state index in [4.69, 9.17) is 0 Å². The molecule has 166 valence electrons. The molecule has 1 amide bonds. The molecule has 2 heterocycles. The Labute approximate surface area is 186 Å². The fraction of sp³-hybridized carbons (Fsp3) is 0.320. The molecule has 7 nitrogen and oxygen atoms in total. The Hall–Kier alpha value is -3.61. The highest BCUT2D eigenvalue weighted by atomic mass is 16.2. The largest absolute Gasteiger partial charge is 0.366 e. The highest BCUT2D eigenvalue weighted by Gasteiger charge is 2.28. The van der Waals surface area contributed by atoms with Crippen molar-refractivity contribution >= 4 is 17.3 Å². The summed E-state index contributed by atoms with van der Waals surface area (Å²) in [5.74, 6) is -0.106. The van der Waals surface area contributed by atoms with Gasteiger partial charge in [-0.2, -0.15) is 0 Å². The van der Waals surface area contributed by atoms with Crippen LogP contribution in [-0.4, -0.2) is 28.1 Å². The SMILES string of the molecule is Cc1cccc(NC(=O)C2CCN(c3c(C)n(-c4ccccc4)c(=O)n(C)c3=O)CC2)c1. The minimum atomic E-state index is -0.366. The van der Waals surface area contributed by atoms with Gasteiger partial charge in [-0.1, -0.05) is 30.3 Å². The summed E-state index contributed by atoms with van der Waals surface area (Å²) in [5, 5.41) is 3.01. The molecule has 1 aromatic heterocycles. The van der Waals surface area contributed by atoms with Gasteiger partial charge in [0.2, 0.25) is 5.91 Å². The molecule has 3 aromatic rings. The van der Waals surface area contributed by atoms with Gasteiger partial charge in [-0.25, -0.2) is 4.79 Å². The van der Waals surface area contributed by atoms with Crippen molar-refractivity contribution in [2.45, 2.75) is 26.7 Å². The number of aromatic nitrogens is 2. The van der Waals surface area contributed by atoms with Crippen LogP contribution in [0.3, 0.4) is 0 Å². The molecule has 4 rings (SSSR count). The van der Waals surface area contributed by atoms with Gasteiger partial charge in [0.25, 0.3) is 5.56 Å². The van der Waals surface area contributed by atoms with Gasteiger partial charge in [0.05, 0.1) is 11.4 Å². The molecule has 0 saturated carbocycles. The molecule has 0 atom stereocenters. The summed E-state index contributed by atoms with van der Waals surface area (Å²) in [6.07, 6.45) is 1.29. The van der Waals surface area contributed by atoms with Crippen LogP contribution in [0.4, 0.5) is 11.4 Å². The highest BCUT2D eigenvalue weighted by molar-refractivity contribution is 5.92. The second-order valence-electron chi connectivity index (χ2n) is 8.37. The standard InChI is InChI=1S/C25H28N4O3/c1-17-8-7-9-20(16-17)26-23(30)19-12-14-28(15-13-19)22-18(2)29(21-10-5-4-6-11-21)25(32)27(3)24(22)31/h4-11,16,19H,12-15H2,1-3H3,(H,26,30). The van der Waals surface area contributed by atoms with Gasteiger partial charge in [-0.3, -0.25) is 18.7 Å². The summed E-state index contributed by atoms with van der Waals surface area (Å²) < 4.78 is 2.74. The molecule has 0 spiro atoms. The number of benzene rings is 2. The number of nitrogens with zero attached hydrogens (tertiary/aromatic N) is 3. The molecular formula is C25H28N4O3. The summed E-state index contributed by atoms with van der Waals surface area (Å²) in [6.45, 7) is 4.96. The molecule has 1 aliphatic rings. The molecule has 0 aliphatic carbocycles. The van der Waals surface area contributed by atoms with E-state index in [1.165, 1.54) is 7.05 Å². The van der Waals surface area contributed by atoms with Crippen LogP contribution in [0.15, 0.2) is 64.2 Å². The maximum atomic E-state index is 13.0. The van der Waals surface area contributed by atoms with Crippen molar-refractivity contribution in [2.75, 3.05) is 23.3 Å². The average Bonchev–Trinajstić information content (AvgIpc) is 2.79. The Balaban J connectivity index is 1.56. The summed E-state index contributed by atoms with van der Waals surface area (Å²) in [7, 11) is 1.51. The number of piperidine rings is 1. The molecule has 1 aliphatic heterocycles. The van der Waals surface area contributed by atoms with Crippen molar-refractivity contribution in [1.29, 1.82) is 0 Å². The van der Waals surface area contributed by atoms with Crippen LogP contribution in [0.25, 0.3) is 5.69 Å². The maximum Gasteiger partial charge on any atom is 0.335 e. The first kappa shape index (κ1) is 21.6.